The third-order valence-electron chi connectivity index (χ3n) is 1.69. The molecule has 15 heavy (non-hydrogen) atoms. The van der Waals surface area contributed by atoms with Gasteiger partial charge >= 0.3 is 6.03 Å². The number of hydrogen-bond acceptors (Lipinski definition) is 3. The van der Waals surface area contributed by atoms with E-state index in [2.05, 4.69) is 10.6 Å². The second-order valence-corrected chi connectivity index (χ2v) is 3.33. The van der Waals surface area contributed by atoms with Crippen molar-refractivity contribution >= 4 is 11.7 Å². The molecule has 1 aromatic carbocycles. The van der Waals surface area contributed by atoms with Gasteiger partial charge in [0, 0.05) is 6.04 Å². The summed E-state index contributed by atoms with van der Waals surface area (Å²) in [4.78, 5) is 22.0. The molecule has 1 aromatic rings. The highest BCUT2D eigenvalue weighted by Gasteiger charge is 2.16. The van der Waals surface area contributed by atoms with Crippen LogP contribution in [0.1, 0.15) is 13.8 Å². The molecule has 1 N–H and O–H groups in total. The summed E-state index contributed by atoms with van der Waals surface area (Å²) in [5.41, 5.74) is 0.450. The van der Waals surface area contributed by atoms with Gasteiger partial charge in [-0.1, -0.05) is 18.2 Å². The van der Waals surface area contributed by atoms with Crippen LogP contribution in [0.4, 0.5) is 10.5 Å². The van der Waals surface area contributed by atoms with Crippen LogP contribution in [0.25, 0.3) is 0 Å². The smallest absolute Gasteiger partial charge is 0.334 e. The number of anilines is 1. The van der Waals surface area contributed by atoms with Crippen LogP contribution in [0.2, 0.25) is 0 Å². The fraction of sp³-hybridized carbons (Fsp3) is 0.300. The topological polar surface area (TPSA) is 61.8 Å². The minimum Gasteiger partial charge on any atom is -0.334 e. The molecule has 5 heteroatoms. The third-order valence-corrected chi connectivity index (χ3v) is 1.69. The second-order valence-electron chi connectivity index (χ2n) is 3.33. The van der Waals surface area contributed by atoms with E-state index in [1.54, 1.807) is 30.3 Å². The maximum atomic E-state index is 11.5. The van der Waals surface area contributed by atoms with Gasteiger partial charge in [0.2, 0.25) is 0 Å². The molecule has 0 bridgehead atoms. The SMILES string of the molecule is CC(C)NC(=O)N(N=O)c1ccccc1. The number of nitrogens with zero attached hydrogens (tertiary/aromatic N) is 2. The van der Waals surface area contributed by atoms with E-state index in [0.29, 0.717) is 5.69 Å². The standard InChI is InChI=1S/C10H13N3O2/c1-8(2)11-10(14)13(12-15)9-6-4-3-5-7-9/h3-8H,1-2H3,(H,11,14). The Kier molecular flexibility index (Phi) is 3.79. The molecule has 0 aliphatic carbocycles. The highest BCUT2D eigenvalue weighted by Crippen LogP contribution is 2.13. The van der Waals surface area contributed by atoms with E-state index >= 15 is 0 Å². The molecule has 0 atom stereocenters. The van der Waals surface area contributed by atoms with Crippen LogP contribution in [0.3, 0.4) is 0 Å². The fourth-order valence-corrected chi connectivity index (χ4v) is 1.08. The number of urea groups is 1. The van der Waals surface area contributed by atoms with E-state index in [0.717, 1.165) is 5.01 Å². The molecule has 0 aliphatic rings. The average molecular weight is 207 g/mol. The van der Waals surface area contributed by atoms with Crippen molar-refractivity contribution in [2.45, 2.75) is 19.9 Å². The molecule has 5 nitrogen and oxygen atoms in total. The molecule has 0 saturated carbocycles. The Labute approximate surface area is 88.0 Å². The van der Waals surface area contributed by atoms with Crippen molar-refractivity contribution in [2.24, 2.45) is 5.29 Å². The van der Waals surface area contributed by atoms with Crippen LogP contribution in [-0.4, -0.2) is 12.1 Å². The Morgan fingerprint density at radius 2 is 1.93 bits per heavy atom. The molecule has 0 aliphatic heterocycles. The number of nitrogens with one attached hydrogen (secondary N) is 1. The first-order valence-corrected chi connectivity index (χ1v) is 4.64. The molecule has 1 rings (SSSR count). The van der Waals surface area contributed by atoms with Gasteiger partial charge in [-0.2, -0.15) is 0 Å². The van der Waals surface area contributed by atoms with Crippen LogP contribution in [-0.2, 0) is 0 Å². The number of benzene rings is 1. The summed E-state index contributed by atoms with van der Waals surface area (Å²) in [6.45, 7) is 3.62. The van der Waals surface area contributed by atoms with Crippen LogP contribution < -0.4 is 10.3 Å². The van der Waals surface area contributed by atoms with Crippen molar-refractivity contribution in [1.82, 2.24) is 5.32 Å². The summed E-state index contributed by atoms with van der Waals surface area (Å²) < 4.78 is 0. The number of rotatable bonds is 3. The van der Waals surface area contributed by atoms with E-state index in [-0.39, 0.29) is 6.04 Å². The minimum absolute atomic E-state index is 0.0366. The van der Waals surface area contributed by atoms with Gasteiger partial charge in [-0.3, -0.25) is 0 Å². The maximum absolute atomic E-state index is 11.5. The van der Waals surface area contributed by atoms with Crippen LogP contribution >= 0.6 is 0 Å². The largest absolute Gasteiger partial charge is 0.345 e. The monoisotopic (exact) mass is 207 g/mol. The van der Waals surface area contributed by atoms with E-state index in [1.807, 2.05) is 13.8 Å². The lowest BCUT2D eigenvalue weighted by Gasteiger charge is -2.15. The Morgan fingerprint density at radius 3 is 2.40 bits per heavy atom. The number of hydrogen-bond donors (Lipinski definition) is 1. The number of para-hydroxylation sites is 1. The molecule has 0 saturated heterocycles. The van der Waals surface area contributed by atoms with Crippen LogP contribution in [0.5, 0.6) is 0 Å². The second kappa shape index (κ2) is 5.09. The van der Waals surface area contributed by atoms with Gasteiger partial charge in [0.05, 0.1) is 11.0 Å². The Balaban J connectivity index is 2.81. The van der Waals surface area contributed by atoms with Crippen molar-refractivity contribution in [3.63, 3.8) is 0 Å². The van der Waals surface area contributed by atoms with Crippen molar-refractivity contribution in [1.29, 1.82) is 0 Å². The van der Waals surface area contributed by atoms with Gasteiger partial charge in [-0.25, -0.2) is 4.79 Å². The van der Waals surface area contributed by atoms with Gasteiger partial charge in [0.1, 0.15) is 0 Å². The zero-order chi connectivity index (χ0) is 11.3. The predicted octanol–water partition coefficient (Wildman–Crippen LogP) is 2.29. The first-order chi connectivity index (χ1) is 7.15. The van der Waals surface area contributed by atoms with Crippen LogP contribution in [0, 0.1) is 4.91 Å². The fourth-order valence-electron chi connectivity index (χ4n) is 1.08. The normalized spacial score (nSPS) is 9.80. The van der Waals surface area contributed by atoms with Crippen molar-refractivity contribution in [3.8, 4) is 0 Å². The minimum atomic E-state index is -0.522. The van der Waals surface area contributed by atoms with E-state index in [9.17, 15) is 9.70 Å². The summed E-state index contributed by atoms with van der Waals surface area (Å²) in [6, 6.07) is 7.98. The van der Waals surface area contributed by atoms with E-state index < -0.39 is 6.03 Å². The highest BCUT2D eigenvalue weighted by atomic mass is 16.3. The van der Waals surface area contributed by atoms with Gasteiger partial charge in [-0.15, -0.1) is 9.92 Å². The summed E-state index contributed by atoms with van der Waals surface area (Å²) in [6.07, 6.45) is 0. The van der Waals surface area contributed by atoms with Crippen molar-refractivity contribution < 1.29 is 4.79 Å². The molecule has 0 spiro atoms. The number of carbonyl (C=O) groups excluding carboxylic acids is 1. The lowest BCUT2D eigenvalue weighted by atomic mass is 10.3. The predicted molar refractivity (Wildman–Crippen MR) is 58.4 cm³/mol. The number of amides is 2. The number of nitroso groups, excluding NO2 is 1. The van der Waals surface area contributed by atoms with Gasteiger partial charge in [0.25, 0.3) is 0 Å². The maximum Gasteiger partial charge on any atom is 0.345 e. The molecule has 2 amide bonds. The van der Waals surface area contributed by atoms with Crippen molar-refractivity contribution in [2.75, 3.05) is 5.01 Å². The Morgan fingerprint density at radius 1 is 1.33 bits per heavy atom. The first-order valence-electron chi connectivity index (χ1n) is 4.64. The lowest BCUT2D eigenvalue weighted by Crippen LogP contribution is -2.40. The zero-order valence-electron chi connectivity index (χ0n) is 8.68. The van der Waals surface area contributed by atoms with Gasteiger partial charge in [-0.05, 0) is 26.0 Å². The summed E-state index contributed by atoms with van der Waals surface area (Å²) in [7, 11) is 0. The molecule has 80 valence electrons. The zero-order valence-corrected chi connectivity index (χ0v) is 8.68. The summed E-state index contributed by atoms with van der Waals surface area (Å²) in [5, 5.41) is 6.06. The molecule has 0 aromatic heterocycles. The van der Waals surface area contributed by atoms with Crippen LogP contribution in [0.15, 0.2) is 35.6 Å². The lowest BCUT2D eigenvalue weighted by molar-refractivity contribution is 0.244. The average Bonchev–Trinajstić information content (AvgIpc) is 2.19. The van der Waals surface area contributed by atoms with Crippen molar-refractivity contribution in [3.05, 3.63) is 35.2 Å². The molecule has 0 unspecified atom stereocenters. The van der Waals surface area contributed by atoms with Gasteiger partial charge in [0.15, 0.2) is 0 Å². The van der Waals surface area contributed by atoms with E-state index in [1.165, 1.54) is 0 Å². The molecule has 0 radical (unpaired) electrons. The first kappa shape index (κ1) is 11.2. The Bertz CT molecular complexity index is 338. The third kappa shape index (κ3) is 3.05. The van der Waals surface area contributed by atoms with E-state index in [4.69, 9.17) is 0 Å². The molecule has 0 heterocycles. The van der Waals surface area contributed by atoms with Gasteiger partial charge < -0.3 is 5.32 Å². The summed E-state index contributed by atoms with van der Waals surface area (Å²) >= 11 is 0. The molecule has 0 fully saturated rings. The molecular weight excluding hydrogens is 194 g/mol. The quantitative estimate of drug-likeness (QED) is 0.610. The summed E-state index contributed by atoms with van der Waals surface area (Å²) in [5.74, 6) is 0. The number of carbonyl (C=O) groups is 1. The Hall–Kier alpha value is -1.91. The molecular formula is C10H13N3O2. The highest BCUT2D eigenvalue weighted by molar-refractivity contribution is 5.91.